The highest BCUT2D eigenvalue weighted by Gasteiger charge is 2.33. The minimum Gasteiger partial charge on any atom is -0.384 e. The SMILES string of the molecule is CCCNc1cc(Cl)ccc1C(=O)c1cnoc1C1CC1. The predicted molar refractivity (Wildman–Crippen MR) is 82.1 cm³/mol. The Kier molecular flexibility index (Phi) is 3.97. The van der Waals surface area contributed by atoms with Crippen LogP contribution in [-0.2, 0) is 0 Å². The normalized spacial score (nSPS) is 14.2. The van der Waals surface area contributed by atoms with E-state index in [-0.39, 0.29) is 5.78 Å². The first-order chi connectivity index (χ1) is 10.2. The molecule has 0 atom stereocenters. The highest BCUT2D eigenvalue weighted by Crippen LogP contribution is 2.42. The highest BCUT2D eigenvalue weighted by atomic mass is 35.5. The average Bonchev–Trinajstić information content (AvgIpc) is 3.21. The van der Waals surface area contributed by atoms with Crippen LogP contribution in [0.5, 0.6) is 0 Å². The van der Waals surface area contributed by atoms with Gasteiger partial charge in [-0.3, -0.25) is 4.79 Å². The molecule has 0 aliphatic heterocycles. The van der Waals surface area contributed by atoms with Crippen molar-refractivity contribution in [2.24, 2.45) is 0 Å². The molecule has 3 rings (SSSR count). The van der Waals surface area contributed by atoms with Crippen LogP contribution < -0.4 is 5.32 Å². The van der Waals surface area contributed by atoms with E-state index >= 15 is 0 Å². The molecule has 1 aromatic heterocycles. The zero-order valence-electron chi connectivity index (χ0n) is 11.9. The van der Waals surface area contributed by atoms with Gasteiger partial charge in [0.25, 0.3) is 0 Å². The first-order valence-corrected chi connectivity index (χ1v) is 7.61. The zero-order valence-corrected chi connectivity index (χ0v) is 12.6. The third-order valence-electron chi connectivity index (χ3n) is 3.58. The highest BCUT2D eigenvalue weighted by molar-refractivity contribution is 6.31. The number of aromatic nitrogens is 1. The maximum Gasteiger partial charge on any atom is 0.200 e. The standard InChI is InChI=1S/C16H17ClN2O2/c1-2-7-18-14-8-11(17)5-6-12(14)15(20)13-9-19-21-16(13)10-3-4-10/h5-6,8-10,18H,2-4,7H2,1H3. The van der Waals surface area contributed by atoms with E-state index in [9.17, 15) is 4.79 Å². The summed E-state index contributed by atoms with van der Waals surface area (Å²) in [5.41, 5.74) is 1.94. The maximum atomic E-state index is 12.8. The first-order valence-electron chi connectivity index (χ1n) is 7.23. The zero-order chi connectivity index (χ0) is 14.8. The van der Waals surface area contributed by atoms with Crippen molar-refractivity contribution in [2.45, 2.75) is 32.1 Å². The monoisotopic (exact) mass is 304 g/mol. The molecule has 21 heavy (non-hydrogen) atoms. The van der Waals surface area contributed by atoms with Gasteiger partial charge in [-0.05, 0) is 37.5 Å². The molecule has 110 valence electrons. The van der Waals surface area contributed by atoms with Crippen molar-refractivity contribution in [3.8, 4) is 0 Å². The van der Waals surface area contributed by atoms with Crippen LogP contribution in [0.3, 0.4) is 0 Å². The van der Waals surface area contributed by atoms with Crippen molar-refractivity contribution < 1.29 is 9.32 Å². The quantitative estimate of drug-likeness (QED) is 0.810. The van der Waals surface area contributed by atoms with E-state index in [0.717, 1.165) is 37.3 Å². The van der Waals surface area contributed by atoms with Gasteiger partial charge in [0.2, 0.25) is 0 Å². The molecule has 5 heteroatoms. The van der Waals surface area contributed by atoms with Crippen LogP contribution in [0.15, 0.2) is 28.9 Å². The largest absolute Gasteiger partial charge is 0.384 e. The molecule has 2 aromatic rings. The van der Waals surface area contributed by atoms with Gasteiger partial charge in [-0.2, -0.15) is 0 Å². The molecule has 1 aliphatic rings. The number of ketones is 1. The van der Waals surface area contributed by atoms with Gasteiger partial charge in [-0.25, -0.2) is 0 Å². The fourth-order valence-corrected chi connectivity index (χ4v) is 2.50. The van der Waals surface area contributed by atoms with Crippen LogP contribution in [0.1, 0.15) is 53.8 Å². The number of rotatable bonds is 6. The van der Waals surface area contributed by atoms with Gasteiger partial charge < -0.3 is 9.84 Å². The number of nitrogens with one attached hydrogen (secondary N) is 1. The summed E-state index contributed by atoms with van der Waals surface area (Å²) in [5.74, 6) is 1.01. The number of carbonyl (C=O) groups is 1. The van der Waals surface area contributed by atoms with Gasteiger partial charge in [0.1, 0.15) is 0 Å². The van der Waals surface area contributed by atoms with E-state index in [0.29, 0.717) is 22.1 Å². The summed E-state index contributed by atoms with van der Waals surface area (Å²) in [5, 5.41) is 7.66. The first kappa shape index (κ1) is 14.1. The second kappa shape index (κ2) is 5.90. The van der Waals surface area contributed by atoms with Crippen molar-refractivity contribution in [3.63, 3.8) is 0 Å². The van der Waals surface area contributed by atoms with Crippen LogP contribution in [0.25, 0.3) is 0 Å². The Bertz CT molecular complexity index is 662. The average molecular weight is 305 g/mol. The molecule has 0 saturated heterocycles. The van der Waals surface area contributed by atoms with Crippen molar-refractivity contribution in [1.82, 2.24) is 5.16 Å². The molecule has 1 saturated carbocycles. The summed E-state index contributed by atoms with van der Waals surface area (Å²) in [6, 6.07) is 5.28. The van der Waals surface area contributed by atoms with Gasteiger partial charge in [0, 0.05) is 28.7 Å². The van der Waals surface area contributed by atoms with Crippen LogP contribution in [0.2, 0.25) is 5.02 Å². The Labute approximate surface area is 128 Å². The number of benzene rings is 1. The van der Waals surface area contributed by atoms with E-state index < -0.39 is 0 Å². The van der Waals surface area contributed by atoms with Gasteiger partial charge >= 0.3 is 0 Å². The molecule has 0 radical (unpaired) electrons. The molecule has 1 N–H and O–H groups in total. The second-order valence-electron chi connectivity index (χ2n) is 5.32. The molecular weight excluding hydrogens is 288 g/mol. The summed E-state index contributed by atoms with van der Waals surface area (Å²) >= 11 is 6.03. The van der Waals surface area contributed by atoms with Crippen molar-refractivity contribution >= 4 is 23.1 Å². The van der Waals surface area contributed by atoms with E-state index in [1.54, 1.807) is 18.2 Å². The Balaban J connectivity index is 1.94. The lowest BCUT2D eigenvalue weighted by molar-refractivity contribution is 0.103. The maximum absolute atomic E-state index is 12.8. The van der Waals surface area contributed by atoms with Gasteiger partial charge in [-0.15, -0.1) is 0 Å². The van der Waals surface area contributed by atoms with E-state index in [1.807, 2.05) is 0 Å². The minimum atomic E-state index is -0.0616. The number of carbonyl (C=O) groups excluding carboxylic acids is 1. The molecule has 4 nitrogen and oxygen atoms in total. The van der Waals surface area contributed by atoms with Crippen molar-refractivity contribution in [2.75, 3.05) is 11.9 Å². The van der Waals surface area contributed by atoms with Gasteiger partial charge in [0.15, 0.2) is 11.5 Å². The smallest absolute Gasteiger partial charge is 0.200 e. The molecule has 1 heterocycles. The number of anilines is 1. The van der Waals surface area contributed by atoms with E-state index in [4.69, 9.17) is 16.1 Å². The Morgan fingerprint density at radius 2 is 2.24 bits per heavy atom. The predicted octanol–water partition coefficient (Wildman–Crippen LogP) is 4.26. The van der Waals surface area contributed by atoms with Crippen LogP contribution in [0.4, 0.5) is 5.69 Å². The molecule has 0 amide bonds. The van der Waals surface area contributed by atoms with E-state index in [2.05, 4.69) is 17.4 Å². The van der Waals surface area contributed by atoms with Gasteiger partial charge in [0.05, 0.1) is 11.8 Å². The summed E-state index contributed by atoms with van der Waals surface area (Å²) in [4.78, 5) is 12.8. The minimum absolute atomic E-state index is 0.0616. The number of hydrogen-bond acceptors (Lipinski definition) is 4. The number of halogens is 1. The number of hydrogen-bond donors (Lipinski definition) is 1. The molecule has 0 unspecified atom stereocenters. The molecule has 1 fully saturated rings. The molecule has 1 aliphatic carbocycles. The third kappa shape index (κ3) is 2.95. The fraction of sp³-hybridized carbons (Fsp3) is 0.375. The Morgan fingerprint density at radius 1 is 1.43 bits per heavy atom. The lowest BCUT2D eigenvalue weighted by atomic mass is 10.0. The lowest BCUT2D eigenvalue weighted by Crippen LogP contribution is -2.09. The summed E-state index contributed by atoms with van der Waals surface area (Å²) in [7, 11) is 0. The van der Waals surface area contributed by atoms with Crippen LogP contribution in [-0.4, -0.2) is 17.5 Å². The molecule has 1 aromatic carbocycles. The second-order valence-corrected chi connectivity index (χ2v) is 5.76. The summed E-state index contributed by atoms with van der Waals surface area (Å²) < 4.78 is 5.26. The number of nitrogens with zero attached hydrogens (tertiary/aromatic N) is 1. The topological polar surface area (TPSA) is 55.1 Å². The fourth-order valence-electron chi connectivity index (χ4n) is 2.32. The van der Waals surface area contributed by atoms with Crippen LogP contribution >= 0.6 is 11.6 Å². The van der Waals surface area contributed by atoms with E-state index in [1.165, 1.54) is 6.20 Å². The Morgan fingerprint density at radius 3 is 2.95 bits per heavy atom. The summed E-state index contributed by atoms with van der Waals surface area (Å²) in [6.45, 7) is 2.87. The molecule has 0 spiro atoms. The lowest BCUT2D eigenvalue weighted by Gasteiger charge is -2.11. The van der Waals surface area contributed by atoms with Crippen LogP contribution in [0, 0.1) is 0 Å². The van der Waals surface area contributed by atoms with Gasteiger partial charge in [-0.1, -0.05) is 23.7 Å². The van der Waals surface area contributed by atoms with Crippen molar-refractivity contribution in [1.29, 1.82) is 0 Å². The molecule has 0 bridgehead atoms. The molecular formula is C16H17ClN2O2. The van der Waals surface area contributed by atoms with Crippen molar-refractivity contribution in [3.05, 3.63) is 46.3 Å². The third-order valence-corrected chi connectivity index (χ3v) is 3.82. The summed E-state index contributed by atoms with van der Waals surface area (Å²) in [6.07, 6.45) is 4.63. The Hall–Kier alpha value is -1.81.